The number of hydrogen-bond donors (Lipinski definition) is 1. The van der Waals surface area contributed by atoms with Gasteiger partial charge in [-0.25, -0.2) is 4.79 Å². The summed E-state index contributed by atoms with van der Waals surface area (Å²) in [5.41, 5.74) is 2.25. The molecule has 1 aromatic heterocycles. The molecule has 0 saturated heterocycles. The van der Waals surface area contributed by atoms with Crippen LogP contribution in [0.5, 0.6) is 0 Å². The standard InChI is InChI=1S/C24H28N2O2/c1-26-23(27)21(16-17-8-4-2-5-9-17)22(25-24(26)28)20-14-12-19(13-15-20)18-10-6-3-7-11-18/h2-10,18-20H,11-16H2,1H3,(H,25,28). The lowest BCUT2D eigenvalue weighted by molar-refractivity contribution is 0.262. The smallest absolute Gasteiger partial charge is 0.310 e. The van der Waals surface area contributed by atoms with Crippen molar-refractivity contribution < 1.29 is 0 Å². The summed E-state index contributed by atoms with van der Waals surface area (Å²) in [6, 6.07) is 10.0. The Bertz CT molecular complexity index is 990. The van der Waals surface area contributed by atoms with E-state index in [2.05, 4.69) is 29.3 Å². The van der Waals surface area contributed by atoms with E-state index in [9.17, 15) is 9.59 Å². The number of nitrogens with zero attached hydrogens (tertiary/aromatic N) is 1. The fourth-order valence-electron chi connectivity index (χ4n) is 4.79. The average Bonchev–Trinajstić information content (AvgIpc) is 2.75. The summed E-state index contributed by atoms with van der Waals surface area (Å²) < 4.78 is 1.20. The van der Waals surface area contributed by atoms with Gasteiger partial charge in [0.2, 0.25) is 0 Å². The van der Waals surface area contributed by atoms with E-state index in [1.54, 1.807) is 7.05 Å². The number of aromatic amines is 1. The predicted octanol–water partition coefficient (Wildman–Crippen LogP) is 4.07. The third-order valence-corrected chi connectivity index (χ3v) is 6.46. The van der Waals surface area contributed by atoms with Crippen LogP contribution in [-0.2, 0) is 13.5 Å². The van der Waals surface area contributed by atoms with Gasteiger partial charge in [0.15, 0.2) is 0 Å². The minimum atomic E-state index is -0.306. The second kappa shape index (κ2) is 8.17. The molecule has 146 valence electrons. The van der Waals surface area contributed by atoms with Crippen LogP contribution < -0.4 is 11.2 Å². The van der Waals surface area contributed by atoms with Crippen molar-refractivity contribution in [3.05, 3.63) is 92.3 Å². The highest BCUT2D eigenvalue weighted by atomic mass is 16.2. The summed E-state index contributed by atoms with van der Waals surface area (Å²) in [7, 11) is 1.55. The number of hydrogen-bond acceptors (Lipinski definition) is 2. The van der Waals surface area contributed by atoms with Gasteiger partial charge in [-0.05, 0) is 55.4 Å². The summed E-state index contributed by atoms with van der Waals surface area (Å²) in [5.74, 6) is 1.60. The second-order valence-corrected chi connectivity index (χ2v) is 8.17. The Morgan fingerprint density at radius 1 is 1.04 bits per heavy atom. The Morgan fingerprint density at radius 3 is 2.46 bits per heavy atom. The number of rotatable bonds is 4. The molecule has 2 aromatic rings. The lowest BCUT2D eigenvalue weighted by Crippen LogP contribution is -2.38. The maximum absolute atomic E-state index is 12.9. The van der Waals surface area contributed by atoms with E-state index in [4.69, 9.17) is 0 Å². The van der Waals surface area contributed by atoms with Gasteiger partial charge in [-0.1, -0.05) is 54.6 Å². The number of allylic oxidation sites excluding steroid dienone is 4. The highest BCUT2D eigenvalue weighted by molar-refractivity contribution is 5.29. The molecular weight excluding hydrogens is 348 g/mol. The number of H-pyrrole nitrogens is 1. The van der Waals surface area contributed by atoms with E-state index in [0.29, 0.717) is 18.3 Å². The van der Waals surface area contributed by atoms with Gasteiger partial charge in [0.25, 0.3) is 5.56 Å². The maximum atomic E-state index is 12.9. The van der Waals surface area contributed by atoms with Gasteiger partial charge in [0.05, 0.1) is 0 Å². The van der Waals surface area contributed by atoms with Crippen LogP contribution in [0.4, 0.5) is 0 Å². The van der Waals surface area contributed by atoms with Crippen molar-refractivity contribution in [2.45, 2.75) is 44.4 Å². The number of nitrogens with one attached hydrogen (secondary N) is 1. The van der Waals surface area contributed by atoms with E-state index in [0.717, 1.165) is 48.9 Å². The molecule has 1 aromatic carbocycles. The average molecular weight is 377 g/mol. The third kappa shape index (κ3) is 3.82. The summed E-state index contributed by atoms with van der Waals surface area (Å²) in [4.78, 5) is 28.3. The minimum Gasteiger partial charge on any atom is -0.310 e. The Labute approximate surface area is 165 Å². The molecule has 2 aliphatic rings. The molecule has 2 aliphatic carbocycles. The van der Waals surface area contributed by atoms with Crippen LogP contribution in [0.3, 0.4) is 0 Å². The fourth-order valence-corrected chi connectivity index (χ4v) is 4.79. The van der Waals surface area contributed by atoms with Crippen LogP contribution in [0.25, 0.3) is 0 Å². The first-order chi connectivity index (χ1) is 13.6. The molecule has 0 aliphatic heterocycles. The van der Waals surface area contributed by atoms with Crippen molar-refractivity contribution in [1.29, 1.82) is 0 Å². The number of aromatic nitrogens is 2. The van der Waals surface area contributed by atoms with E-state index in [1.165, 1.54) is 4.57 Å². The molecular formula is C24H28N2O2. The molecule has 4 nitrogen and oxygen atoms in total. The molecule has 28 heavy (non-hydrogen) atoms. The topological polar surface area (TPSA) is 54.9 Å². The summed E-state index contributed by atoms with van der Waals surface area (Å²) >= 11 is 0. The van der Waals surface area contributed by atoms with E-state index >= 15 is 0 Å². The van der Waals surface area contributed by atoms with Crippen LogP contribution in [0, 0.1) is 11.8 Å². The molecule has 1 unspecified atom stereocenters. The van der Waals surface area contributed by atoms with Crippen LogP contribution in [0.15, 0.2) is 64.2 Å². The van der Waals surface area contributed by atoms with Crippen molar-refractivity contribution >= 4 is 0 Å². The fraction of sp³-hybridized carbons (Fsp3) is 0.417. The van der Waals surface area contributed by atoms with Crippen molar-refractivity contribution in [3.8, 4) is 0 Å². The molecule has 1 saturated carbocycles. The van der Waals surface area contributed by atoms with Gasteiger partial charge in [0.1, 0.15) is 0 Å². The Kier molecular flexibility index (Phi) is 5.47. The Morgan fingerprint density at radius 2 is 1.79 bits per heavy atom. The number of benzene rings is 1. The van der Waals surface area contributed by atoms with Crippen molar-refractivity contribution in [1.82, 2.24) is 9.55 Å². The molecule has 0 spiro atoms. The Balaban J connectivity index is 1.59. The SMILES string of the molecule is Cn1c(=O)[nH]c(C2CCC(C3C=CC=CC3)CC2)c(Cc2ccccc2)c1=O. The lowest BCUT2D eigenvalue weighted by atomic mass is 9.72. The molecule has 1 N–H and O–H groups in total. The largest absolute Gasteiger partial charge is 0.328 e. The third-order valence-electron chi connectivity index (χ3n) is 6.46. The predicted molar refractivity (Wildman–Crippen MR) is 113 cm³/mol. The monoisotopic (exact) mass is 376 g/mol. The zero-order valence-corrected chi connectivity index (χ0v) is 16.4. The summed E-state index contributed by atoms with van der Waals surface area (Å²) in [6.45, 7) is 0. The summed E-state index contributed by atoms with van der Waals surface area (Å²) in [5, 5.41) is 0. The molecule has 1 heterocycles. The zero-order valence-electron chi connectivity index (χ0n) is 16.4. The first-order valence-electron chi connectivity index (χ1n) is 10.3. The molecule has 0 amide bonds. The molecule has 4 heteroatoms. The van der Waals surface area contributed by atoms with E-state index in [-0.39, 0.29) is 17.2 Å². The van der Waals surface area contributed by atoms with E-state index in [1.807, 2.05) is 30.3 Å². The molecule has 0 bridgehead atoms. The molecule has 1 fully saturated rings. The van der Waals surface area contributed by atoms with Gasteiger partial charge < -0.3 is 4.98 Å². The molecule has 1 atom stereocenters. The summed E-state index contributed by atoms with van der Waals surface area (Å²) in [6.07, 6.45) is 14.9. The maximum Gasteiger partial charge on any atom is 0.328 e. The van der Waals surface area contributed by atoms with E-state index < -0.39 is 0 Å². The van der Waals surface area contributed by atoms with Crippen LogP contribution in [-0.4, -0.2) is 9.55 Å². The van der Waals surface area contributed by atoms with Gasteiger partial charge in [-0.2, -0.15) is 0 Å². The van der Waals surface area contributed by atoms with Crippen LogP contribution >= 0.6 is 0 Å². The van der Waals surface area contributed by atoms with Crippen LogP contribution in [0.2, 0.25) is 0 Å². The van der Waals surface area contributed by atoms with Gasteiger partial charge in [-0.3, -0.25) is 9.36 Å². The van der Waals surface area contributed by atoms with Gasteiger partial charge >= 0.3 is 5.69 Å². The van der Waals surface area contributed by atoms with Crippen LogP contribution in [0.1, 0.15) is 54.8 Å². The quantitative estimate of drug-likeness (QED) is 0.874. The minimum absolute atomic E-state index is 0.162. The van der Waals surface area contributed by atoms with Gasteiger partial charge in [0, 0.05) is 24.7 Å². The zero-order chi connectivity index (χ0) is 19.5. The first-order valence-corrected chi connectivity index (χ1v) is 10.3. The Hall–Kier alpha value is -2.62. The highest BCUT2D eigenvalue weighted by Crippen LogP contribution is 2.40. The second-order valence-electron chi connectivity index (χ2n) is 8.17. The van der Waals surface area contributed by atoms with Crippen molar-refractivity contribution in [2.24, 2.45) is 18.9 Å². The lowest BCUT2D eigenvalue weighted by Gasteiger charge is -2.33. The van der Waals surface area contributed by atoms with Crippen molar-refractivity contribution in [2.75, 3.05) is 0 Å². The molecule has 0 radical (unpaired) electrons. The normalized spacial score (nSPS) is 24.4. The van der Waals surface area contributed by atoms with Crippen molar-refractivity contribution in [3.63, 3.8) is 0 Å². The first kappa shape index (κ1) is 18.7. The molecule has 4 rings (SSSR count). The highest BCUT2D eigenvalue weighted by Gasteiger charge is 2.29. The van der Waals surface area contributed by atoms with Gasteiger partial charge in [-0.15, -0.1) is 0 Å².